The predicted molar refractivity (Wildman–Crippen MR) is 59.8 cm³/mol. The maximum atomic E-state index is 10.8. The van der Waals surface area contributed by atoms with Crippen molar-refractivity contribution in [3.8, 4) is 0 Å². The van der Waals surface area contributed by atoms with Gasteiger partial charge in [0.05, 0.1) is 20.3 Å². The molecule has 0 saturated carbocycles. The molecule has 17 heavy (non-hydrogen) atoms. The fraction of sp³-hybridized carbons (Fsp3) is 0.818. The van der Waals surface area contributed by atoms with Crippen LogP contribution in [0.2, 0.25) is 0 Å². The van der Waals surface area contributed by atoms with Gasteiger partial charge in [-0.05, 0) is 12.8 Å². The Kier molecular flexibility index (Phi) is 10.6. The molecule has 0 rings (SSSR count). The van der Waals surface area contributed by atoms with Gasteiger partial charge in [0.15, 0.2) is 0 Å². The molecular formula is C11H20O6. The van der Waals surface area contributed by atoms with E-state index in [1.54, 1.807) is 0 Å². The monoisotopic (exact) mass is 248 g/mol. The number of carboxylic acid groups (broad SMARTS) is 1. The van der Waals surface area contributed by atoms with Crippen LogP contribution in [0.3, 0.4) is 0 Å². The van der Waals surface area contributed by atoms with Crippen LogP contribution >= 0.6 is 0 Å². The Balaban J connectivity index is 3.03. The largest absolute Gasteiger partial charge is 0.480 e. The number of ether oxygens (including phenoxy) is 3. The number of esters is 1. The summed E-state index contributed by atoms with van der Waals surface area (Å²) < 4.78 is 14.5. The lowest BCUT2D eigenvalue weighted by Gasteiger charge is -2.04. The Hall–Kier alpha value is -1.14. The zero-order valence-electron chi connectivity index (χ0n) is 10.1. The Morgan fingerprint density at radius 3 is 2.35 bits per heavy atom. The number of unbranched alkanes of at least 4 members (excludes halogenated alkanes) is 2. The number of rotatable bonds is 11. The van der Waals surface area contributed by atoms with Crippen molar-refractivity contribution in [1.82, 2.24) is 0 Å². The molecule has 0 saturated heterocycles. The smallest absolute Gasteiger partial charge is 0.329 e. The molecule has 6 heteroatoms. The van der Waals surface area contributed by atoms with Crippen molar-refractivity contribution >= 4 is 11.9 Å². The lowest BCUT2D eigenvalue weighted by Crippen LogP contribution is -2.11. The van der Waals surface area contributed by atoms with Crippen LogP contribution in [-0.4, -0.2) is 50.6 Å². The first-order chi connectivity index (χ1) is 8.16. The van der Waals surface area contributed by atoms with Crippen LogP contribution in [0, 0.1) is 0 Å². The fourth-order valence-corrected chi connectivity index (χ4v) is 1.13. The van der Waals surface area contributed by atoms with E-state index < -0.39 is 5.97 Å². The van der Waals surface area contributed by atoms with Gasteiger partial charge < -0.3 is 19.3 Å². The SMILES string of the molecule is COC(=O)CCCCCOCCOCC(=O)O. The Morgan fingerprint density at radius 1 is 1.00 bits per heavy atom. The second kappa shape index (κ2) is 11.3. The normalized spacial score (nSPS) is 10.2. The molecule has 0 fully saturated rings. The Bertz CT molecular complexity index is 216. The standard InChI is InChI=1S/C11H20O6/c1-15-11(14)5-3-2-4-6-16-7-8-17-9-10(12)13/h2-9H2,1H3,(H,12,13). The highest BCUT2D eigenvalue weighted by molar-refractivity contribution is 5.69. The topological polar surface area (TPSA) is 82.1 Å². The van der Waals surface area contributed by atoms with E-state index in [1.807, 2.05) is 0 Å². The average Bonchev–Trinajstić information content (AvgIpc) is 2.30. The number of carboxylic acids is 1. The minimum absolute atomic E-state index is 0.187. The Labute approximate surface area is 101 Å². The number of carbonyl (C=O) groups excluding carboxylic acids is 1. The van der Waals surface area contributed by atoms with Crippen LogP contribution < -0.4 is 0 Å². The van der Waals surface area contributed by atoms with E-state index in [1.165, 1.54) is 7.11 Å². The highest BCUT2D eigenvalue weighted by Crippen LogP contribution is 2.01. The second-order valence-corrected chi connectivity index (χ2v) is 3.45. The number of hydrogen-bond acceptors (Lipinski definition) is 5. The molecule has 0 atom stereocenters. The van der Waals surface area contributed by atoms with Crippen molar-refractivity contribution in [3.05, 3.63) is 0 Å². The van der Waals surface area contributed by atoms with Crippen molar-refractivity contribution < 1.29 is 28.9 Å². The molecule has 0 aromatic heterocycles. The minimum Gasteiger partial charge on any atom is -0.480 e. The van der Waals surface area contributed by atoms with Crippen LogP contribution in [-0.2, 0) is 23.8 Å². The predicted octanol–water partition coefficient (Wildman–Crippen LogP) is 0.838. The summed E-state index contributed by atoms with van der Waals surface area (Å²) in [7, 11) is 1.38. The van der Waals surface area contributed by atoms with Crippen molar-refractivity contribution in [2.45, 2.75) is 25.7 Å². The Morgan fingerprint density at radius 2 is 1.71 bits per heavy atom. The molecule has 0 bridgehead atoms. The summed E-state index contributed by atoms with van der Waals surface area (Å²) in [4.78, 5) is 20.8. The van der Waals surface area contributed by atoms with Gasteiger partial charge >= 0.3 is 11.9 Å². The number of hydrogen-bond donors (Lipinski definition) is 1. The van der Waals surface area contributed by atoms with E-state index in [2.05, 4.69) is 4.74 Å². The van der Waals surface area contributed by atoms with Gasteiger partial charge in [-0.25, -0.2) is 4.79 Å². The molecule has 0 aromatic rings. The van der Waals surface area contributed by atoms with E-state index in [4.69, 9.17) is 14.6 Å². The maximum Gasteiger partial charge on any atom is 0.329 e. The quantitative estimate of drug-likeness (QED) is 0.431. The average molecular weight is 248 g/mol. The van der Waals surface area contributed by atoms with Crippen LogP contribution in [0.4, 0.5) is 0 Å². The highest BCUT2D eigenvalue weighted by atomic mass is 16.5. The first-order valence-electron chi connectivity index (χ1n) is 5.61. The number of methoxy groups -OCH3 is 1. The van der Waals surface area contributed by atoms with Crippen LogP contribution in [0.15, 0.2) is 0 Å². The van der Waals surface area contributed by atoms with Crippen molar-refractivity contribution in [2.24, 2.45) is 0 Å². The van der Waals surface area contributed by atoms with E-state index in [-0.39, 0.29) is 19.2 Å². The third-order valence-corrected chi connectivity index (χ3v) is 1.99. The summed E-state index contributed by atoms with van der Waals surface area (Å²) in [5.74, 6) is -1.17. The highest BCUT2D eigenvalue weighted by Gasteiger charge is 1.99. The molecule has 1 N–H and O–H groups in total. The fourth-order valence-electron chi connectivity index (χ4n) is 1.13. The van der Waals surface area contributed by atoms with E-state index >= 15 is 0 Å². The molecule has 100 valence electrons. The van der Waals surface area contributed by atoms with E-state index in [9.17, 15) is 9.59 Å². The second-order valence-electron chi connectivity index (χ2n) is 3.45. The maximum absolute atomic E-state index is 10.8. The molecule has 0 spiro atoms. The van der Waals surface area contributed by atoms with Crippen molar-refractivity contribution in [3.63, 3.8) is 0 Å². The summed E-state index contributed by atoms with van der Waals surface area (Å²) >= 11 is 0. The molecular weight excluding hydrogens is 228 g/mol. The summed E-state index contributed by atoms with van der Waals surface area (Å²) in [6.07, 6.45) is 3.02. The summed E-state index contributed by atoms with van der Waals surface area (Å²) in [6.45, 7) is 0.985. The lowest BCUT2D eigenvalue weighted by molar-refractivity contribution is -0.143. The van der Waals surface area contributed by atoms with Gasteiger partial charge in [-0.15, -0.1) is 0 Å². The third-order valence-electron chi connectivity index (χ3n) is 1.99. The zero-order valence-corrected chi connectivity index (χ0v) is 10.1. The molecule has 0 unspecified atom stereocenters. The van der Waals surface area contributed by atoms with Gasteiger partial charge in [0.1, 0.15) is 6.61 Å². The minimum atomic E-state index is -0.979. The molecule has 0 aliphatic heterocycles. The van der Waals surface area contributed by atoms with Gasteiger partial charge in [-0.1, -0.05) is 6.42 Å². The summed E-state index contributed by atoms with van der Waals surface area (Å²) in [5, 5.41) is 8.27. The van der Waals surface area contributed by atoms with Gasteiger partial charge in [-0.2, -0.15) is 0 Å². The molecule has 0 amide bonds. The van der Waals surface area contributed by atoms with Gasteiger partial charge in [0.2, 0.25) is 0 Å². The van der Waals surface area contributed by atoms with Crippen LogP contribution in [0.25, 0.3) is 0 Å². The van der Waals surface area contributed by atoms with Crippen LogP contribution in [0.5, 0.6) is 0 Å². The first kappa shape index (κ1) is 15.9. The number of aliphatic carboxylic acids is 1. The molecule has 0 aliphatic rings. The molecule has 0 heterocycles. The summed E-state index contributed by atoms with van der Waals surface area (Å²) in [5.41, 5.74) is 0. The van der Waals surface area contributed by atoms with E-state index in [0.29, 0.717) is 19.6 Å². The molecule has 0 aromatic carbocycles. The van der Waals surface area contributed by atoms with Crippen LogP contribution in [0.1, 0.15) is 25.7 Å². The molecule has 0 aliphatic carbocycles. The van der Waals surface area contributed by atoms with Crippen molar-refractivity contribution in [2.75, 3.05) is 33.5 Å². The lowest BCUT2D eigenvalue weighted by atomic mass is 10.2. The van der Waals surface area contributed by atoms with Gasteiger partial charge in [0.25, 0.3) is 0 Å². The molecule has 0 radical (unpaired) electrons. The molecule has 6 nitrogen and oxygen atoms in total. The zero-order chi connectivity index (χ0) is 12.9. The first-order valence-corrected chi connectivity index (χ1v) is 5.61. The summed E-state index contributed by atoms with van der Waals surface area (Å²) in [6, 6.07) is 0. The van der Waals surface area contributed by atoms with Crippen molar-refractivity contribution in [1.29, 1.82) is 0 Å². The van der Waals surface area contributed by atoms with E-state index in [0.717, 1.165) is 19.3 Å². The third kappa shape index (κ3) is 12.8. The number of carbonyl (C=O) groups is 2. The van der Waals surface area contributed by atoms with Gasteiger partial charge in [-0.3, -0.25) is 4.79 Å². The van der Waals surface area contributed by atoms with Gasteiger partial charge in [0, 0.05) is 13.0 Å².